The van der Waals surface area contributed by atoms with Crippen LogP contribution in [-0.4, -0.2) is 20.1 Å². The van der Waals surface area contributed by atoms with Crippen LogP contribution < -0.4 is 14.8 Å². The zero-order chi connectivity index (χ0) is 20.5. The second-order valence-electron chi connectivity index (χ2n) is 6.55. The van der Waals surface area contributed by atoms with Gasteiger partial charge in [0.15, 0.2) is 11.5 Å². The molecule has 0 heterocycles. The molecule has 0 saturated heterocycles. The van der Waals surface area contributed by atoms with E-state index in [4.69, 9.17) is 14.2 Å². The Balaban J connectivity index is 1.54. The Hall–Kier alpha value is -3.31. The Bertz CT molecular complexity index is 941. The summed E-state index contributed by atoms with van der Waals surface area (Å²) in [5, 5.41) is 2.94. The molecule has 0 radical (unpaired) electrons. The summed E-state index contributed by atoms with van der Waals surface area (Å²) in [4.78, 5) is 12.5. The maximum absolute atomic E-state index is 12.5. The molecule has 0 aliphatic rings. The summed E-state index contributed by atoms with van der Waals surface area (Å²) in [6.45, 7) is 1.52. The quantitative estimate of drug-likeness (QED) is 0.589. The van der Waals surface area contributed by atoms with E-state index < -0.39 is 0 Å². The summed E-state index contributed by atoms with van der Waals surface area (Å²) in [6, 6.07) is 23.2. The number of rotatable bonds is 9. The first-order valence-electron chi connectivity index (χ1n) is 9.39. The van der Waals surface area contributed by atoms with Crippen molar-refractivity contribution in [3.05, 3.63) is 95.1 Å². The van der Waals surface area contributed by atoms with Gasteiger partial charge in [0.25, 0.3) is 5.91 Å². The Labute approximate surface area is 171 Å². The number of hydrogen-bond acceptors (Lipinski definition) is 4. The molecule has 0 fully saturated rings. The third-order valence-electron chi connectivity index (χ3n) is 4.47. The van der Waals surface area contributed by atoms with E-state index in [2.05, 4.69) is 5.32 Å². The third-order valence-corrected chi connectivity index (χ3v) is 4.47. The molecule has 3 aromatic rings. The van der Waals surface area contributed by atoms with Crippen LogP contribution in [0.4, 0.5) is 0 Å². The van der Waals surface area contributed by atoms with Gasteiger partial charge in [-0.2, -0.15) is 0 Å². The van der Waals surface area contributed by atoms with Gasteiger partial charge in [-0.1, -0.05) is 54.6 Å². The predicted octanol–water partition coefficient (Wildman–Crippen LogP) is 4.35. The topological polar surface area (TPSA) is 56.8 Å². The Morgan fingerprint density at radius 3 is 2.21 bits per heavy atom. The fraction of sp³-hybridized carbons (Fsp3) is 0.208. The molecule has 3 aromatic carbocycles. The van der Waals surface area contributed by atoms with Gasteiger partial charge in [-0.3, -0.25) is 4.79 Å². The summed E-state index contributed by atoms with van der Waals surface area (Å²) in [5.74, 6) is 0.946. The van der Waals surface area contributed by atoms with Crippen LogP contribution >= 0.6 is 0 Å². The molecule has 150 valence electrons. The Morgan fingerprint density at radius 2 is 1.45 bits per heavy atom. The van der Waals surface area contributed by atoms with Gasteiger partial charge < -0.3 is 19.5 Å². The predicted molar refractivity (Wildman–Crippen MR) is 112 cm³/mol. The zero-order valence-corrected chi connectivity index (χ0v) is 16.7. The molecule has 0 unspecified atom stereocenters. The van der Waals surface area contributed by atoms with Crippen LogP contribution in [0.3, 0.4) is 0 Å². The molecule has 3 rings (SSSR count). The number of nitrogens with one attached hydrogen (secondary N) is 1. The van der Waals surface area contributed by atoms with Crippen molar-refractivity contribution in [3.63, 3.8) is 0 Å². The van der Waals surface area contributed by atoms with Crippen LogP contribution in [0.25, 0.3) is 0 Å². The molecule has 29 heavy (non-hydrogen) atoms. The summed E-state index contributed by atoms with van der Waals surface area (Å²) in [5.41, 5.74) is 3.74. The highest BCUT2D eigenvalue weighted by Gasteiger charge is 2.10. The number of amides is 1. The Morgan fingerprint density at radius 1 is 0.759 bits per heavy atom. The van der Waals surface area contributed by atoms with Crippen LogP contribution in [0.15, 0.2) is 72.8 Å². The summed E-state index contributed by atoms with van der Waals surface area (Å²) in [7, 11) is 3.11. The van der Waals surface area contributed by atoms with Gasteiger partial charge in [0.2, 0.25) is 0 Å². The molecule has 1 N–H and O–H groups in total. The van der Waals surface area contributed by atoms with E-state index >= 15 is 0 Å². The first-order valence-corrected chi connectivity index (χ1v) is 9.39. The van der Waals surface area contributed by atoms with E-state index in [0.717, 1.165) is 16.7 Å². The highest BCUT2D eigenvalue weighted by atomic mass is 16.5. The number of methoxy groups -OCH3 is 2. The molecular formula is C24H25NO4. The molecule has 0 aliphatic carbocycles. The molecule has 0 bridgehead atoms. The molecule has 0 aliphatic heterocycles. The number of benzene rings is 3. The van der Waals surface area contributed by atoms with E-state index in [1.165, 1.54) is 0 Å². The molecular weight excluding hydrogens is 366 g/mol. The van der Waals surface area contributed by atoms with Gasteiger partial charge in [-0.25, -0.2) is 0 Å². The van der Waals surface area contributed by atoms with Crippen LogP contribution in [0.1, 0.15) is 27.0 Å². The summed E-state index contributed by atoms with van der Waals surface area (Å²) in [6.07, 6.45) is 0. The minimum atomic E-state index is -0.170. The molecule has 0 aromatic heterocycles. The van der Waals surface area contributed by atoms with Crippen LogP contribution in [-0.2, 0) is 24.5 Å². The first-order chi connectivity index (χ1) is 14.2. The van der Waals surface area contributed by atoms with Gasteiger partial charge in [-0.05, 0) is 34.9 Å². The smallest absolute Gasteiger partial charge is 0.251 e. The van der Waals surface area contributed by atoms with Gasteiger partial charge in [0.1, 0.15) is 0 Å². The lowest BCUT2D eigenvalue weighted by molar-refractivity contribution is 0.0950. The molecule has 0 saturated carbocycles. The molecule has 0 spiro atoms. The van der Waals surface area contributed by atoms with Crippen molar-refractivity contribution in [2.75, 3.05) is 14.2 Å². The fourth-order valence-electron chi connectivity index (χ4n) is 2.95. The van der Waals surface area contributed by atoms with Crippen molar-refractivity contribution in [1.29, 1.82) is 0 Å². The molecule has 5 heteroatoms. The number of carbonyl (C=O) groups excluding carboxylic acids is 1. The van der Waals surface area contributed by atoms with E-state index in [0.29, 0.717) is 36.8 Å². The second kappa shape index (κ2) is 10.3. The van der Waals surface area contributed by atoms with Crippen LogP contribution in [0.2, 0.25) is 0 Å². The standard InChI is InChI=1S/C24H25NO4/c1-27-22-12-11-21(14-23(22)28-2)24(26)25-15-19-9-6-10-20(13-19)17-29-16-18-7-4-3-5-8-18/h3-14H,15-17H2,1-2H3,(H,25,26). The van der Waals surface area contributed by atoms with Crippen molar-refractivity contribution in [3.8, 4) is 11.5 Å². The second-order valence-corrected chi connectivity index (χ2v) is 6.55. The number of ether oxygens (including phenoxy) is 3. The summed E-state index contributed by atoms with van der Waals surface area (Å²) >= 11 is 0. The largest absolute Gasteiger partial charge is 0.493 e. The third kappa shape index (κ3) is 5.83. The van der Waals surface area contributed by atoms with Crippen LogP contribution in [0.5, 0.6) is 11.5 Å². The highest BCUT2D eigenvalue weighted by Crippen LogP contribution is 2.27. The monoisotopic (exact) mass is 391 g/mol. The lowest BCUT2D eigenvalue weighted by Crippen LogP contribution is -2.22. The van der Waals surface area contributed by atoms with Gasteiger partial charge >= 0.3 is 0 Å². The average Bonchev–Trinajstić information content (AvgIpc) is 2.78. The minimum absolute atomic E-state index is 0.170. The van der Waals surface area contributed by atoms with Crippen molar-refractivity contribution in [2.24, 2.45) is 0 Å². The lowest BCUT2D eigenvalue weighted by Gasteiger charge is -2.11. The Kier molecular flexibility index (Phi) is 7.25. The van der Waals surface area contributed by atoms with Crippen molar-refractivity contribution in [1.82, 2.24) is 5.32 Å². The lowest BCUT2D eigenvalue weighted by atomic mass is 10.1. The van der Waals surface area contributed by atoms with E-state index in [9.17, 15) is 4.79 Å². The first kappa shape index (κ1) is 20.4. The SMILES string of the molecule is COc1ccc(C(=O)NCc2cccc(COCc3ccccc3)c2)cc1OC. The number of hydrogen-bond donors (Lipinski definition) is 1. The highest BCUT2D eigenvalue weighted by molar-refractivity contribution is 5.94. The normalized spacial score (nSPS) is 10.4. The maximum Gasteiger partial charge on any atom is 0.251 e. The molecule has 5 nitrogen and oxygen atoms in total. The van der Waals surface area contributed by atoms with Gasteiger partial charge in [0, 0.05) is 12.1 Å². The van der Waals surface area contributed by atoms with Crippen LogP contribution in [0, 0.1) is 0 Å². The van der Waals surface area contributed by atoms with E-state index in [1.54, 1.807) is 32.4 Å². The molecule has 1 amide bonds. The van der Waals surface area contributed by atoms with E-state index in [-0.39, 0.29) is 5.91 Å². The summed E-state index contributed by atoms with van der Waals surface area (Å²) < 4.78 is 16.3. The molecule has 0 atom stereocenters. The van der Waals surface area contributed by atoms with Crippen molar-refractivity contribution < 1.29 is 19.0 Å². The fourth-order valence-corrected chi connectivity index (χ4v) is 2.95. The van der Waals surface area contributed by atoms with Gasteiger partial charge in [-0.15, -0.1) is 0 Å². The maximum atomic E-state index is 12.5. The van der Waals surface area contributed by atoms with Crippen molar-refractivity contribution >= 4 is 5.91 Å². The van der Waals surface area contributed by atoms with Crippen molar-refractivity contribution in [2.45, 2.75) is 19.8 Å². The minimum Gasteiger partial charge on any atom is -0.493 e. The van der Waals surface area contributed by atoms with E-state index in [1.807, 2.05) is 54.6 Å². The average molecular weight is 391 g/mol. The number of carbonyl (C=O) groups is 1. The van der Waals surface area contributed by atoms with Gasteiger partial charge in [0.05, 0.1) is 27.4 Å². The zero-order valence-electron chi connectivity index (χ0n) is 16.7.